The smallest absolute Gasteiger partial charge is 0.356 e. The Kier molecular flexibility index (Phi) is 4.96. The van der Waals surface area contributed by atoms with Crippen molar-refractivity contribution in [3.8, 4) is 0 Å². The fourth-order valence-corrected chi connectivity index (χ4v) is 4.28. The summed E-state index contributed by atoms with van der Waals surface area (Å²) in [4.78, 5) is 15.1. The maximum absolute atomic E-state index is 14.8. The number of benzene rings is 1. The summed E-state index contributed by atoms with van der Waals surface area (Å²) < 4.78 is 82.8. The van der Waals surface area contributed by atoms with Crippen molar-refractivity contribution in [2.24, 2.45) is 0 Å². The van der Waals surface area contributed by atoms with Gasteiger partial charge >= 0.3 is 6.18 Å². The maximum Gasteiger partial charge on any atom is 0.433 e. The van der Waals surface area contributed by atoms with Gasteiger partial charge in [-0.25, -0.2) is 14.4 Å². The molecule has 0 saturated carbocycles. The molecule has 5 rings (SSSR count). The Balaban J connectivity index is 1.74. The zero-order valence-electron chi connectivity index (χ0n) is 16.4. The second-order valence-corrected chi connectivity index (χ2v) is 7.81. The minimum absolute atomic E-state index is 0.0225. The van der Waals surface area contributed by atoms with E-state index in [-0.39, 0.29) is 34.9 Å². The SMILES string of the molecule is Fc1ccc(C2c3[nH]c4ccc(Cl)c(F)c4c3CCN2c2nccc(C(F)(F)F)n2)c(F)n1. The molecule has 0 radical (unpaired) electrons. The van der Waals surface area contributed by atoms with Crippen LogP contribution in [0.1, 0.15) is 28.6 Å². The van der Waals surface area contributed by atoms with Crippen LogP contribution in [0.15, 0.2) is 36.5 Å². The molecule has 4 heterocycles. The lowest BCUT2D eigenvalue weighted by atomic mass is 9.93. The summed E-state index contributed by atoms with van der Waals surface area (Å²) in [6.45, 7) is 0.0225. The standard InChI is InChI=1S/C21H12ClF6N5/c22-11-2-3-12-15(16(11)24)9-6-8-33(20-29-7-5-13(31-20)21(26,27)28)18(17(9)30-12)10-1-4-14(23)32-19(10)25/h1-5,7,18,30H,6,8H2. The van der Waals surface area contributed by atoms with Crippen LogP contribution in [0.3, 0.4) is 0 Å². The molecule has 4 aromatic rings. The van der Waals surface area contributed by atoms with Crippen LogP contribution in [-0.4, -0.2) is 26.5 Å². The monoisotopic (exact) mass is 483 g/mol. The van der Waals surface area contributed by atoms with E-state index in [2.05, 4.69) is 19.9 Å². The van der Waals surface area contributed by atoms with Gasteiger partial charge in [0, 0.05) is 34.9 Å². The van der Waals surface area contributed by atoms with Crippen molar-refractivity contribution in [3.05, 3.63) is 81.8 Å². The van der Waals surface area contributed by atoms with E-state index in [0.29, 0.717) is 22.8 Å². The zero-order valence-corrected chi connectivity index (χ0v) is 17.1. The summed E-state index contributed by atoms with van der Waals surface area (Å²) in [5, 5.41) is 0.0849. The average molecular weight is 484 g/mol. The van der Waals surface area contributed by atoms with Gasteiger partial charge in [0.25, 0.3) is 0 Å². The predicted octanol–water partition coefficient (Wildman–Crippen LogP) is 5.59. The van der Waals surface area contributed by atoms with Crippen LogP contribution >= 0.6 is 11.6 Å². The van der Waals surface area contributed by atoms with E-state index in [1.807, 2.05) is 0 Å². The number of aromatic amines is 1. The lowest BCUT2D eigenvalue weighted by Crippen LogP contribution is -2.38. The van der Waals surface area contributed by atoms with Crippen molar-refractivity contribution in [1.82, 2.24) is 19.9 Å². The van der Waals surface area contributed by atoms with Gasteiger partial charge in [0.2, 0.25) is 17.8 Å². The van der Waals surface area contributed by atoms with Crippen molar-refractivity contribution in [2.45, 2.75) is 18.6 Å². The molecule has 170 valence electrons. The number of halogens is 7. The molecule has 1 aromatic carbocycles. The Hall–Kier alpha value is -3.34. The lowest BCUT2D eigenvalue weighted by molar-refractivity contribution is -0.141. The Morgan fingerprint density at radius 2 is 1.82 bits per heavy atom. The molecule has 3 aromatic heterocycles. The van der Waals surface area contributed by atoms with Crippen LogP contribution < -0.4 is 4.90 Å². The van der Waals surface area contributed by atoms with Gasteiger partial charge in [0.15, 0.2) is 5.82 Å². The van der Waals surface area contributed by atoms with E-state index < -0.39 is 35.6 Å². The number of aromatic nitrogens is 4. The fourth-order valence-electron chi connectivity index (χ4n) is 4.13. The minimum atomic E-state index is -4.72. The van der Waals surface area contributed by atoms with Crippen LogP contribution in [-0.2, 0) is 12.6 Å². The fraction of sp³-hybridized carbons (Fsp3) is 0.190. The molecular weight excluding hydrogens is 472 g/mol. The predicted molar refractivity (Wildman–Crippen MR) is 107 cm³/mol. The molecule has 1 aliphatic heterocycles. The van der Waals surface area contributed by atoms with Gasteiger partial charge in [-0.2, -0.15) is 26.9 Å². The minimum Gasteiger partial charge on any atom is -0.356 e. The van der Waals surface area contributed by atoms with E-state index in [1.165, 1.54) is 11.0 Å². The number of fused-ring (bicyclic) bond motifs is 3. The highest BCUT2D eigenvalue weighted by Gasteiger charge is 2.38. The Morgan fingerprint density at radius 3 is 2.55 bits per heavy atom. The number of anilines is 1. The highest BCUT2D eigenvalue weighted by atomic mass is 35.5. The summed E-state index contributed by atoms with van der Waals surface area (Å²) in [6, 6.07) is 4.54. The van der Waals surface area contributed by atoms with Crippen LogP contribution in [0, 0.1) is 17.7 Å². The molecule has 12 heteroatoms. The number of nitrogens with zero attached hydrogens (tertiary/aromatic N) is 4. The van der Waals surface area contributed by atoms with Gasteiger partial charge in [0.1, 0.15) is 11.7 Å². The van der Waals surface area contributed by atoms with Crippen molar-refractivity contribution < 1.29 is 26.3 Å². The molecule has 1 unspecified atom stereocenters. The largest absolute Gasteiger partial charge is 0.433 e. The molecule has 1 aliphatic rings. The summed E-state index contributed by atoms with van der Waals surface area (Å²) in [5.74, 6) is -3.22. The molecule has 1 N–H and O–H groups in total. The second-order valence-electron chi connectivity index (χ2n) is 7.40. The van der Waals surface area contributed by atoms with Gasteiger partial charge < -0.3 is 9.88 Å². The van der Waals surface area contributed by atoms with Crippen LogP contribution in [0.25, 0.3) is 10.9 Å². The van der Waals surface area contributed by atoms with E-state index in [0.717, 1.165) is 18.3 Å². The number of hydrogen-bond donors (Lipinski definition) is 1. The number of hydrogen-bond acceptors (Lipinski definition) is 4. The normalized spacial score (nSPS) is 16.3. The first-order chi connectivity index (χ1) is 15.6. The molecule has 1 atom stereocenters. The topological polar surface area (TPSA) is 57.7 Å². The number of rotatable bonds is 2. The number of H-pyrrole nitrogens is 1. The van der Waals surface area contributed by atoms with Crippen LogP contribution in [0.5, 0.6) is 0 Å². The van der Waals surface area contributed by atoms with E-state index in [4.69, 9.17) is 11.6 Å². The summed E-state index contributed by atoms with van der Waals surface area (Å²) >= 11 is 5.93. The van der Waals surface area contributed by atoms with E-state index >= 15 is 0 Å². The first-order valence-electron chi connectivity index (χ1n) is 9.62. The highest BCUT2D eigenvalue weighted by Crippen LogP contribution is 2.42. The maximum atomic E-state index is 14.8. The third-order valence-electron chi connectivity index (χ3n) is 5.51. The summed E-state index contributed by atoms with van der Waals surface area (Å²) in [5.41, 5.74) is -0.178. The zero-order chi connectivity index (χ0) is 23.5. The van der Waals surface area contributed by atoms with Gasteiger partial charge in [-0.3, -0.25) is 0 Å². The Labute approximate surface area is 187 Å². The Bertz CT molecular complexity index is 1390. The van der Waals surface area contributed by atoms with Crippen LogP contribution in [0.4, 0.5) is 32.3 Å². The quantitative estimate of drug-likeness (QED) is 0.298. The molecule has 0 aliphatic carbocycles. The lowest BCUT2D eigenvalue weighted by Gasteiger charge is -2.36. The third-order valence-corrected chi connectivity index (χ3v) is 5.80. The van der Waals surface area contributed by atoms with E-state index in [1.54, 1.807) is 6.07 Å². The molecule has 5 nitrogen and oxygen atoms in total. The molecule has 0 spiro atoms. The molecule has 0 bridgehead atoms. The highest BCUT2D eigenvalue weighted by molar-refractivity contribution is 6.31. The van der Waals surface area contributed by atoms with Gasteiger partial charge in [-0.05, 0) is 42.3 Å². The summed E-state index contributed by atoms with van der Waals surface area (Å²) in [7, 11) is 0. The molecular formula is C21H12ClF6N5. The summed E-state index contributed by atoms with van der Waals surface area (Å²) in [6.07, 6.45) is -3.60. The first kappa shape index (κ1) is 21.5. The van der Waals surface area contributed by atoms with Crippen molar-refractivity contribution in [2.75, 3.05) is 11.4 Å². The van der Waals surface area contributed by atoms with Gasteiger partial charge in [-0.1, -0.05) is 11.6 Å². The van der Waals surface area contributed by atoms with Crippen molar-refractivity contribution >= 4 is 28.5 Å². The second kappa shape index (κ2) is 7.62. The molecule has 0 fully saturated rings. The average Bonchev–Trinajstić information content (AvgIpc) is 3.15. The molecule has 33 heavy (non-hydrogen) atoms. The molecule has 0 saturated heterocycles. The van der Waals surface area contributed by atoms with E-state index in [9.17, 15) is 26.3 Å². The Morgan fingerprint density at radius 1 is 1.03 bits per heavy atom. The van der Waals surface area contributed by atoms with Gasteiger partial charge in [-0.15, -0.1) is 0 Å². The van der Waals surface area contributed by atoms with Crippen LogP contribution in [0.2, 0.25) is 5.02 Å². The third kappa shape index (κ3) is 3.56. The van der Waals surface area contributed by atoms with Crippen molar-refractivity contribution in [1.29, 1.82) is 0 Å². The number of alkyl halides is 3. The number of pyridine rings is 1. The number of nitrogens with one attached hydrogen (secondary N) is 1. The van der Waals surface area contributed by atoms with Crippen molar-refractivity contribution in [3.63, 3.8) is 0 Å². The van der Waals surface area contributed by atoms with Gasteiger partial charge in [0.05, 0.1) is 5.02 Å². The molecule has 0 amide bonds. The first-order valence-corrected chi connectivity index (χ1v) is 10.00.